The zero-order valence-corrected chi connectivity index (χ0v) is 17.1. The molecule has 1 N–H and O–H groups in total. The van der Waals surface area contributed by atoms with Gasteiger partial charge in [-0.3, -0.25) is 14.6 Å². The number of hydrogen-bond acceptors (Lipinski definition) is 4. The molecule has 1 aliphatic heterocycles. The van der Waals surface area contributed by atoms with E-state index in [0.717, 1.165) is 0 Å². The maximum Gasteiger partial charge on any atom is 0.296 e. The minimum Gasteiger partial charge on any atom is -0.507 e. The van der Waals surface area contributed by atoms with Crippen LogP contribution in [0.4, 0.5) is 0 Å². The van der Waals surface area contributed by atoms with E-state index in [4.69, 9.17) is 23.2 Å². The summed E-state index contributed by atoms with van der Waals surface area (Å²) < 4.78 is 0. The third kappa shape index (κ3) is 3.82. The fourth-order valence-corrected chi connectivity index (χ4v) is 3.81. The van der Waals surface area contributed by atoms with Crippen LogP contribution in [0.3, 0.4) is 0 Å². The lowest BCUT2D eigenvalue weighted by Crippen LogP contribution is -2.29. The number of amides is 1. The van der Waals surface area contributed by atoms with Gasteiger partial charge in [-0.05, 0) is 42.0 Å². The monoisotopic (exact) mass is 438 g/mol. The van der Waals surface area contributed by atoms with E-state index in [1.807, 2.05) is 6.07 Å². The third-order valence-corrected chi connectivity index (χ3v) is 5.37. The molecule has 150 valence electrons. The first-order chi connectivity index (χ1) is 14.5. The second-order valence-electron chi connectivity index (χ2n) is 6.81. The molecule has 1 aromatic heterocycles. The highest BCUT2D eigenvalue weighted by Crippen LogP contribution is 2.40. The highest BCUT2D eigenvalue weighted by molar-refractivity contribution is 6.46. The van der Waals surface area contributed by atoms with Crippen LogP contribution < -0.4 is 0 Å². The zero-order valence-electron chi connectivity index (χ0n) is 15.6. The van der Waals surface area contributed by atoms with Crippen molar-refractivity contribution in [3.8, 4) is 0 Å². The van der Waals surface area contributed by atoms with E-state index in [9.17, 15) is 14.7 Å². The molecule has 7 heteroatoms. The normalized spacial score (nSPS) is 18.1. The molecule has 1 aliphatic rings. The largest absolute Gasteiger partial charge is 0.507 e. The van der Waals surface area contributed by atoms with E-state index < -0.39 is 17.7 Å². The van der Waals surface area contributed by atoms with Crippen LogP contribution in [0, 0.1) is 0 Å². The van der Waals surface area contributed by atoms with Crippen LogP contribution >= 0.6 is 23.2 Å². The summed E-state index contributed by atoms with van der Waals surface area (Å²) in [6, 6.07) is 17.9. The van der Waals surface area contributed by atoms with Crippen molar-refractivity contribution >= 4 is 40.7 Å². The van der Waals surface area contributed by atoms with Crippen molar-refractivity contribution in [1.29, 1.82) is 0 Å². The molecule has 3 aromatic rings. The van der Waals surface area contributed by atoms with E-state index in [1.165, 1.54) is 4.90 Å². The van der Waals surface area contributed by atoms with Crippen molar-refractivity contribution in [1.82, 2.24) is 9.88 Å². The standard InChI is InChI=1S/C23H16Cl2N2O3/c24-16-9-7-14(8-10-16)20-19(21(28)15-4-3-5-17(25)12-15)22(29)23(30)27(20)13-18-6-1-2-11-26-18/h1-12,20,28H,13H2/b21-19-. The SMILES string of the molecule is O=C1C(=O)N(Cc2ccccn2)C(c2ccc(Cl)cc2)/C1=C(/O)c1cccc(Cl)c1. The Morgan fingerprint density at radius 1 is 0.967 bits per heavy atom. The third-order valence-electron chi connectivity index (χ3n) is 4.88. The first kappa shape index (κ1) is 20.1. The summed E-state index contributed by atoms with van der Waals surface area (Å²) in [6.45, 7) is 0.116. The Morgan fingerprint density at radius 2 is 1.73 bits per heavy atom. The summed E-state index contributed by atoms with van der Waals surface area (Å²) in [5, 5.41) is 11.9. The van der Waals surface area contributed by atoms with Gasteiger partial charge in [-0.25, -0.2) is 0 Å². The Kier molecular flexibility index (Phi) is 5.57. The predicted molar refractivity (Wildman–Crippen MR) is 115 cm³/mol. The molecule has 0 bridgehead atoms. The fraction of sp³-hybridized carbons (Fsp3) is 0.0870. The number of aromatic nitrogens is 1. The number of aliphatic hydroxyl groups is 1. The number of benzene rings is 2. The predicted octanol–water partition coefficient (Wildman–Crippen LogP) is 5.01. The smallest absolute Gasteiger partial charge is 0.296 e. The molecule has 1 atom stereocenters. The number of rotatable bonds is 4. The van der Waals surface area contributed by atoms with Gasteiger partial charge in [0, 0.05) is 21.8 Å². The van der Waals surface area contributed by atoms with Crippen molar-refractivity contribution in [2.24, 2.45) is 0 Å². The Labute approximate surface area is 183 Å². The number of nitrogens with zero attached hydrogens (tertiary/aromatic N) is 2. The van der Waals surface area contributed by atoms with E-state index >= 15 is 0 Å². The van der Waals surface area contributed by atoms with Crippen LogP contribution in [0.25, 0.3) is 5.76 Å². The van der Waals surface area contributed by atoms with Gasteiger partial charge in [-0.2, -0.15) is 0 Å². The van der Waals surface area contributed by atoms with Crippen LogP contribution in [-0.4, -0.2) is 26.7 Å². The lowest BCUT2D eigenvalue weighted by molar-refractivity contribution is -0.140. The summed E-state index contributed by atoms with van der Waals surface area (Å²) in [5.74, 6) is -1.74. The average Bonchev–Trinajstić information content (AvgIpc) is 2.99. The molecular weight excluding hydrogens is 423 g/mol. The molecule has 1 saturated heterocycles. The molecular formula is C23H16Cl2N2O3. The van der Waals surface area contributed by atoms with Gasteiger partial charge in [-0.15, -0.1) is 0 Å². The van der Waals surface area contributed by atoms with Crippen LogP contribution in [0.2, 0.25) is 10.0 Å². The molecule has 0 saturated carbocycles. The lowest BCUT2D eigenvalue weighted by atomic mass is 9.95. The minimum absolute atomic E-state index is 0.000482. The van der Waals surface area contributed by atoms with Crippen molar-refractivity contribution in [3.05, 3.63) is 105 Å². The van der Waals surface area contributed by atoms with Gasteiger partial charge in [0.25, 0.3) is 11.7 Å². The van der Waals surface area contributed by atoms with Crippen LogP contribution in [0.5, 0.6) is 0 Å². The van der Waals surface area contributed by atoms with Gasteiger partial charge in [0.2, 0.25) is 0 Å². The number of hydrogen-bond donors (Lipinski definition) is 1. The van der Waals surface area contributed by atoms with E-state index in [-0.39, 0.29) is 17.9 Å². The summed E-state index contributed by atoms with van der Waals surface area (Å²) in [5.41, 5.74) is 1.64. The number of carbonyl (C=O) groups is 2. The summed E-state index contributed by atoms with van der Waals surface area (Å²) >= 11 is 12.1. The lowest BCUT2D eigenvalue weighted by Gasteiger charge is -2.25. The molecule has 0 spiro atoms. The Bertz CT molecular complexity index is 1140. The number of halogens is 2. The van der Waals surface area contributed by atoms with Crippen molar-refractivity contribution in [2.45, 2.75) is 12.6 Å². The van der Waals surface area contributed by atoms with Crippen LogP contribution in [-0.2, 0) is 16.1 Å². The number of likely N-dealkylation sites (tertiary alicyclic amines) is 1. The Morgan fingerprint density at radius 3 is 2.40 bits per heavy atom. The second kappa shape index (κ2) is 8.30. The second-order valence-corrected chi connectivity index (χ2v) is 7.68. The molecule has 1 fully saturated rings. The van der Waals surface area contributed by atoms with Crippen LogP contribution in [0.1, 0.15) is 22.9 Å². The van der Waals surface area contributed by atoms with Crippen molar-refractivity contribution in [2.75, 3.05) is 0 Å². The Hall–Kier alpha value is -3.15. The molecule has 30 heavy (non-hydrogen) atoms. The average molecular weight is 439 g/mol. The van der Waals surface area contributed by atoms with Gasteiger partial charge in [0.05, 0.1) is 23.9 Å². The van der Waals surface area contributed by atoms with Gasteiger partial charge in [0.15, 0.2) is 0 Å². The minimum atomic E-state index is -0.789. The number of Topliss-reactive ketones (excluding diaryl/α,β-unsaturated/α-hetero) is 1. The van der Waals surface area contributed by atoms with Gasteiger partial charge >= 0.3 is 0 Å². The number of pyridine rings is 1. The summed E-state index contributed by atoms with van der Waals surface area (Å²) in [6.07, 6.45) is 1.62. The van der Waals surface area contributed by atoms with Gasteiger partial charge in [0.1, 0.15) is 5.76 Å². The van der Waals surface area contributed by atoms with Gasteiger partial charge in [-0.1, -0.05) is 53.5 Å². The first-order valence-corrected chi connectivity index (χ1v) is 9.91. The quantitative estimate of drug-likeness (QED) is 0.353. The maximum absolute atomic E-state index is 13.0. The van der Waals surface area contributed by atoms with Crippen LogP contribution in [0.15, 0.2) is 78.5 Å². The topological polar surface area (TPSA) is 70.5 Å². The maximum atomic E-state index is 13.0. The molecule has 2 heterocycles. The molecule has 5 nitrogen and oxygen atoms in total. The molecule has 0 aliphatic carbocycles. The zero-order chi connectivity index (χ0) is 21.3. The van der Waals surface area contributed by atoms with Gasteiger partial charge < -0.3 is 10.0 Å². The number of carbonyl (C=O) groups excluding carboxylic acids is 2. The number of aliphatic hydroxyl groups excluding tert-OH is 1. The molecule has 2 aromatic carbocycles. The molecule has 1 amide bonds. The van der Waals surface area contributed by atoms with E-state index in [0.29, 0.717) is 26.9 Å². The molecule has 1 unspecified atom stereocenters. The molecule has 0 radical (unpaired) electrons. The molecule has 4 rings (SSSR count). The summed E-state index contributed by atoms with van der Waals surface area (Å²) in [4.78, 5) is 31.6. The van der Waals surface area contributed by atoms with E-state index in [2.05, 4.69) is 4.98 Å². The Balaban J connectivity index is 1.87. The first-order valence-electron chi connectivity index (χ1n) is 9.15. The number of ketones is 1. The van der Waals surface area contributed by atoms with Crippen molar-refractivity contribution < 1.29 is 14.7 Å². The summed E-state index contributed by atoms with van der Waals surface area (Å²) in [7, 11) is 0. The van der Waals surface area contributed by atoms with E-state index in [1.54, 1.807) is 66.9 Å². The highest BCUT2D eigenvalue weighted by atomic mass is 35.5. The van der Waals surface area contributed by atoms with Crippen molar-refractivity contribution in [3.63, 3.8) is 0 Å². The highest BCUT2D eigenvalue weighted by Gasteiger charge is 2.46. The fourth-order valence-electron chi connectivity index (χ4n) is 3.49.